The van der Waals surface area contributed by atoms with Crippen molar-refractivity contribution in [2.45, 2.75) is 37.0 Å². The molecule has 0 saturated heterocycles. The molecule has 1 atom stereocenters. The molecule has 2 aliphatic rings. The van der Waals surface area contributed by atoms with Gasteiger partial charge in [0.1, 0.15) is 17.5 Å². The summed E-state index contributed by atoms with van der Waals surface area (Å²) < 4.78 is 71.7. The zero-order valence-corrected chi connectivity index (χ0v) is 18.6. The van der Waals surface area contributed by atoms with Crippen molar-refractivity contribution in [1.29, 1.82) is 0 Å². The van der Waals surface area contributed by atoms with Gasteiger partial charge in [0.25, 0.3) is 28.3 Å². The lowest BCUT2D eigenvalue weighted by molar-refractivity contribution is -0.137. The van der Waals surface area contributed by atoms with Gasteiger partial charge in [0.15, 0.2) is 18.2 Å². The first-order valence-electron chi connectivity index (χ1n) is 10.3. The van der Waals surface area contributed by atoms with Crippen molar-refractivity contribution in [2.24, 2.45) is 0 Å². The van der Waals surface area contributed by atoms with Gasteiger partial charge in [-0.15, -0.1) is 0 Å². The van der Waals surface area contributed by atoms with Gasteiger partial charge in [-0.2, -0.15) is 22.7 Å². The Balaban J connectivity index is 1.36. The Morgan fingerprint density at radius 3 is 2.80 bits per heavy atom. The average molecular weight is 510 g/mol. The van der Waals surface area contributed by atoms with Gasteiger partial charge in [-0.1, -0.05) is 12.1 Å². The van der Waals surface area contributed by atoms with E-state index in [1.54, 1.807) is 0 Å². The Hall–Kier alpha value is -3.88. The SMILES string of the molecule is O=C1COc2c(F)cccc2C(C(=O)N2Cc3cn(S(=O)(=O)c4cnn(CC(F)F)c4)nc3C2)N1. The van der Waals surface area contributed by atoms with Crippen LogP contribution < -0.4 is 10.1 Å². The molecule has 0 aliphatic carbocycles. The molecule has 5 rings (SSSR count). The smallest absolute Gasteiger partial charge is 0.286 e. The molecule has 2 aliphatic heterocycles. The Kier molecular flexibility index (Phi) is 5.50. The van der Waals surface area contributed by atoms with Gasteiger partial charge in [0, 0.05) is 30.1 Å². The number of aromatic nitrogens is 4. The molecule has 11 nitrogen and oxygen atoms in total. The number of carbonyl (C=O) groups is 2. The van der Waals surface area contributed by atoms with Gasteiger partial charge in [-0.25, -0.2) is 13.2 Å². The number of ether oxygens (including phenoxy) is 1. The maximum absolute atomic E-state index is 14.2. The third kappa shape index (κ3) is 4.11. The van der Waals surface area contributed by atoms with Crippen LogP contribution >= 0.6 is 0 Å². The van der Waals surface area contributed by atoms with Crippen molar-refractivity contribution in [1.82, 2.24) is 29.2 Å². The number of nitrogens with one attached hydrogen (secondary N) is 1. The number of hydrogen-bond donors (Lipinski definition) is 1. The van der Waals surface area contributed by atoms with Gasteiger partial charge < -0.3 is 15.0 Å². The molecule has 1 N–H and O–H groups in total. The second kappa shape index (κ2) is 8.41. The van der Waals surface area contributed by atoms with Crippen LogP contribution in [0.25, 0.3) is 0 Å². The lowest BCUT2D eigenvalue weighted by Crippen LogP contribution is -2.41. The first-order chi connectivity index (χ1) is 16.6. The highest BCUT2D eigenvalue weighted by Gasteiger charge is 2.37. The molecule has 0 spiro atoms. The molecule has 1 aromatic carbocycles. The van der Waals surface area contributed by atoms with Crippen LogP contribution in [0.1, 0.15) is 22.9 Å². The van der Waals surface area contributed by atoms with E-state index in [2.05, 4.69) is 15.5 Å². The van der Waals surface area contributed by atoms with E-state index in [1.807, 2.05) is 0 Å². The summed E-state index contributed by atoms with van der Waals surface area (Å²) in [6.07, 6.45) is 0.464. The maximum Gasteiger partial charge on any atom is 0.286 e. The van der Waals surface area contributed by atoms with Crippen molar-refractivity contribution >= 4 is 21.8 Å². The topological polar surface area (TPSA) is 128 Å². The first kappa shape index (κ1) is 22.9. The van der Waals surface area contributed by atoms with Crippen LogP contribution in [0.15, 0.2) is 41.7 Å². The van der Waals surface area contributed by atoms with E-state index in [-0.39, 0.29) is 29.3 Å². The summed E-state index contributed by atoms with van der Waals surface area (Å²) in [7, 11) is -4.19. The number of rotatable bonds is 5. The highest BCUT2D eigenvalue weighted by atomic mass is 32.2. The minimum Gasteiger partial charge on any atom is -0.480 e. The second-order valence-electron chi connectivity index (χ2n) is 7.91. The predicted molar refractivity (Wildman–Crippen MR) is 110 cm³/mol. The van der Waals surface area contributed by atoms with Crippen LogP contribution in [0.3, 0.4) is 0 Å². The van der Waals surface area contributed by atoms with Crippen molar-refractivity contribution in [3.63, 3.8) is 0 Å². The van der Waals surface area contributed by atoms with Crippen LogP contribution in [0, 0.1) is 5.82 Å². The van der Waals surface area contributed by atoms with E-state index in [1.165, 1.54) is 23.2 Å². The number of fused-ring (bicyclic) bond motifs is 2. The van der Waals surface area contributed by atoms with Crippen LogP contribution in [-0.2, 0) is 39.2 Å². The van der Waals surface area contributed by atoms with Gasteiger partial charge in [0.05, 0.1) is 18.4 Å². The van der Waals surface area contributed by atoms with E-state index >= 15 is 0 Å². The fourth-order valence-corrected chi connectivity index (χ4v) is 5.06. The lowest BCUT2D eigenvalue weighted by atomic mass is 10.0. The largest absolute Gasteiger partial charge is 0.480 e. The lowest BCUT2D eigenvalue weighted by Gasteiger charge is -2.23. The van der Waals surface area contributed by atoms with Crippen molar-refractivity contribution in [2.75, 3.05) is 6.61 Å². The highest BCUT2D eigenvalue weighted by molar-refractivity contribution is 7.89. The zero-order valence-electron chi connectivity index (χ0n) is 17.8. The second-order valence-corrected chi connectivity index (χ2v) is 9.71. The Labute approximate surface area is 196 Å². The number of para-hydroxylation sites is 1. The summed E-state index contributed by atoms with van der Waals surface area (Å²) in [5.74, 6) is -2.04. The minimum absolute atomic E-state index is 0.00773. The molecule has 4 heterocycles. The molecule has 35 heavy (non-hydrogen) atoms. The number of halogens is 3. The van der Waals surface area contributed by atoms with Gasteiger partial charge in [0.2, 0.25) is 0 Å². The molecule has 15 heteroatoms. The maximum atomic E-state index is 14.2. The Morgan fingerprint density at radius 2 is 2.06 bits per heavy atom. The van der Waals surface area contributed by atoms with E-state index in [4.69, 9.17) is 4.74 Å². The summed E-state index contributed by atoms with van der Waals surface area (Å²) >= 11 is 0. The van der Waals surface area contributed by atoms with Gasteiger partial charge in [-0.3, -0.25) is 14.3 Å². The zero-order chi connectivity index (χ0) is 24.9. The van der Waals surface area contributed by atoms with Gasteiger partial charge in [-0.05, 0) is 6.07 Å². The van der Waals surface area contributed by atoms with Crippen molar-refractivity contribution in [3.05, 3.63) is 59.4 Å². The molecular weight excluding hydrogens is 493 g/mol. The number of amides is 2. The van der Waals surface area contributed by atoms with E-state index in [9.17, 15) is 31.2 Å². The molecule has 184 valence electrons. The van der Waals surface area contributed by atoms with E-state index in [0.717, 1.165) is 23.1 Å². The van der Waals surface area contributed by atoms with Crippen LogP contribution in [0.4, 0.5) is 13.2 Å². The molecule has 1 unspecified atom stereocenters. The summed E-state index contributed by atoms with van der Waals surface area (Å²) in [6.45, 7) is -1.26. The molecule has 3 aromatic rings. The highest BCUT2D eigenvalue weighted by Crippen LogP contribution is 2.33. The first-order valence-corrected chi connectivity index (χ1v) is 11.7. The van der Waals surface area contributed by atoms with Gasteiger partial charge >= 0.3 is 0 Å². The van der Waals surface area contributed by atoms with E-state index < -0.39 is 53.3 Å². The fourth-order valence-electron chi connectivity index (χ4n) is 3.93. The summed E-state index contributed by atoms with van der Waals surface area (Å²) in [6, 6.07) is 2.83. The molecule has 0 bridgehead atoms. The fraction of sp³-hybridized carbons (Fsp3) is 0.300. The molecule has 0 radical (unpaired) electrons. The molecular formula is C20H17F3N6O5S. The average Bonchev–Trinajstić information content (AvgIpc) is 3.48. The third-order valence-corrected chi connectivity index (χ3v) is 7.04. The normalized spacial score (nSPS) is 17.5. The summed E-state index contributed by atoms with van der Waals surface area (Å²) in [4.78, 5) is 26.3. The monoisotopic (exact) mass is 510 g/mol. The standard InChI is InChI=1S/C20H17F3N6O5S/c21-14-3-1-2-13-18(25-17(30)10-34-19(13)14)20(31)27-5-11-6-29(26-15(11)8-27)35(32,33)12-4-24-28(7-12)9-16(22)23/h1-4,6-7,16,18H,5,8-10H2,(H,25,30). The number of hydrogen-bond acceptors (Lipinski definition) is 7. The quantitative estimate of drug-likeness (QED) is 0.538. The van der Waals surface area contributed by atoms with Crippen molar-refractivity contribution in [3.8, 4) is 5.75 Å². The number of alkyl halides is 2. The molecule has 0 saturated carbocycles. The number of carbonyl (C=O) groups excluding carboxylic acids is 2. The van der Waals surface area contributed by atoms with Crippen molar-refractivity contribution < 1.29 is 35.9 Å². The van der Waals surface area contributed by atoms with Crippen LogP contribution in [0.2, 0.25) is 0 Å². The third-order valence-electron chi connectivity index (χ3n) is 5.56. The van der Waals surface area contributed by atoms with E-state index in [0.29, 0.717) is 15.3 Å². The Morgan fingerprint density at radius 1 is 1.26 bits per heavy atom. The minimum atomic E-state index is -4.19. The molecule has 2 amide bonds. The summed E-state index contributed by atoms with van der Waals surface area (Å²) in [5, 5.41) is 10.2. The number of nitrogens with zero attached hydrogens (tertiary/aromatic N) is 5. The number of benzene rings is 1. The van der Waals surface area contributed by atoms with Crippen LogP contribution in [-0.4, -0.2) is 57.1 Å². The summed E-state index contributed by atoms with van der Waals surface area (Å²) in [5.41, 5.74) is 0.911. The molecule has 0 fully saturated rings. The predicted octanol–water partition coefficient (Wildman–Crippen LogP) is 0.813. The molecule has 2 aromatic heterocycles. The van der Waals surface area contributed by atoms with Crippen LogP contribution in [0.5, 0.6) is 5.75 Å². The Bertz CT molecular complexity index is 1410.